The number of hydrogen-bond donors (Lipinski definition) is 1. The summed E-state index contributed by atoms with van der Waals surface area (Å²) < 4.78 is 36.1. The molecule has 2 aliphatic rings. The number of fused-ring (bicyclic) bond motifs is 2. The molecule has 3 aromatic rings. The first kappa shape index (κ1) is 20.5. The molecule has 12 heteroatoms. The average Bonchev–Trinajstić information content (AvgIpc) is 3.22. The first-order valence-corrected chi connectivity index (χ1v) is 12.1. The van der Waals surface area contributed by atoms with Crippen molar-refractivity contribution in [1.82, 2.24) is 19.2 Å². The minimum absolute atomic E-state index is 0.185. The van der Waals surface area contributed by atoms with E-state index in [1.165, 1.54) is 4.31 Å². The SMILES string of the molecule is O=c1[nH]c(CN2CCN(S(=O)(=O)c3cccc4c3N=S=N4)CC2)nc2cc(Cl)ccc12. The third-order valence-corrected chi connectivity index (χ3v) is 8.00. The molecule has 2 aromatic carbocycles. The Bertz CT molecular complexity index is 1420. The van der Waals surface area contributed by atoms with E-state index in [0.717, 1.165) is 11.4 Å². The normalized spacial score (nSPS) is 17.1. The summed E-state index contributed by atoms with van der Waals surface area (Å²) in [7, 11) is -3.67. The molecule has 0 amide bonds. The fraction of sp³-hybridized carbons (Fsp3) is 0.263. The van der Waals surface area contributed by atoms with Gasteiger partial charge in [0.25, 0.3) is 5.56 Å². The van der Waals surface area contributed by atoms with Gasteiger partial charge in [0.2, 0.25) is 10.0 Å². The van der Waals surface area contributed by atoms with Gasteiger partial charge in [-0.15, -0.1) is 0 Å². The fourth-order valence-corrected chi connectivity index (χ4v) is 6.05. The molecule has 160 valence electrons. The second-order valence-electron chi connectivity index (χ2n) is 7.24. The van der Waals surface area contributed by atoms with Gasteiger partial charge < -0.3 is 4.98 Å². The maximum absolute atomic E-state index is 13.2. The molecule has 0 unspecified atom stereocenters. The van der Waals surface area contributed by atoms with Crippen molar-refractivity contribution >= 4 is 55.3 Å². The minimum atomic E-state index is -3.67. The number of benzene rings is 2. The van der Waals surface area contributed by atoms with Crippen molar-refractivity contribution in [2.45, 2.75) is 11.4 Å². The Labute approximate surface area is 186 Å². The number of sulfonamides is 1. The van der Waals surface area contributed by atoms with Crippen LogP contribution in [-0.2, 0) is 27.9 Å². The minimum Gasteiger partial charge on any atom is -0.309 e. The van der Waals surface area contributed by atoms with E-state index in [9.17, 15) is 13.2 Å². The lowest BCUT2D eigenvalue weighted by Crippen LogP contribution is -2.48. The quantitative estimate of drug-likeness (QED) is 0.487. The van der Waals surface area contributed by atoms with Gasteiger partial charge in [-0.25, -0.2) is 13.4 Å². The van der Waals surface area contributed by atoms with Crippen LogP contribution in [0.4, 0.5) is 11.4 Å². The van der Waals surface area contributed by atoms with Crippen molar-refractivity contribution < 1.29 is 8.42 Å². The van der Waals surface area contributed by atoms with Gasteiger partial charge in [-0.3, -0.25) is 9.69 Å². The standard InChI is InChI=1S/C19H17ClN6O3S2/c20-12-4-5-13-15(10-12)21-17(22-19(13)27)11-25-6-8-26(9-7-25)31(28,29)16-3-1-2-14-18(16)24-30-23-14/h1-5,10H,6-9,11H2,(H,21,22,27). The highest BCUT2D eigenvalue weighted by Crippen LogP contribution is 2.38. The highest BCUT2D eigenvalue weighted by molar-refractivity contribution is 7.89. The highest BCUT2D eigenvalue weighted by Gasteiger charge is 2.32. The van der Waals surface area contributed by atoms with Crippen molar-refractivity contribution in [2.75, 3.05) is 26.2 Å². The van der Waals surface area contributed by atoms with Crippen molar-refractivity contribution in [1.29, 1.82) is 0 Å². The lowest BCUT2D eigenvalue weighted by molar-refractivity contribution is 0.178. The smallest absolute Gasteiger partial charge is 0.258 e. The number of hydrogen-bond acceptors (Lipinski definition) is 7. The van der Waals surface area contributed by atoms with Crippen LogP contribution in [0.15, 0.2) is 54.8 Å². The molecule has 0 radical (unpaired) electrons. The van der Waals surface area contributed by atoms with Crippen LogP contribution in [0.2, 0.25) is 5.02 Å². The van der Waals surface area contributed by atoms with Gasteiger partial charge in [-0.05, 0) is 30.3 Å². The summed E-state index contributed by atoms with van der Waals surface area (Å²) in [4.78, 5) is 21.9. The summed E-state index contributed by atoms with van der Waals surface area (Å²) in [6, 6.07) is 9.97. The number of piperazine rings is 1. The van der Waals surface area contributed by atoms with Gasteiger partial charge in [-0.1, -0.05) is 17.7 Å². The topological polar surface area (TPSA) is 111 Å². The van der Waals surface area contributed by atoms with Gasteiger partial charge in [0.15, 0.2) is 0 Å². The number of aromatic nitrogens is 2. The number of H-pyrrole nitrogens is 1. The van der Waals surface area contributed by atoms with Crippen LogP contribution in [0, 0.1) is 0 Å². The summed E-state index contributed by atoms with van der Waals surface area (Å²) in [5, 5.41) is 0.996. The lowest BCUT2D eigenvalue weighted by atomic mass is 10.2. The van der Waals surface area contributed by atoms with Gasteiger partial charge in [0, 0.05) is 31.2 Å². The predicted molar refractivity (Wildman–Crippen MR) is 119 cm³/mol. The number of halogens is 1. The molecule has 1 aromatic heterocycles. The molecule has 3 heterocycles. The summed E-state index contributed by atoms with van der Waals surface area (Å²) in [5.74, 6) is 0.523. The Morgan fingerprint density at radius 2 is 1.90 bits per heavy atom. The zero-order valence-electron chi connectivity index (χ0n) is 16.2. The first-order valence-electron chi connectivity index (χ1n) is 9.54. The van der Waals surface area contributed by atoms with Crippen LogP contribution in [0.25, 0.3) is 10.9 Å². The number of nitrogens with one attached hydrogen (secondary N) is 1. The molecule has 0 spiro atoms. The second kappa shape index (κ2) is 7.92. The predicted octanol–water partition coefficient (Wildman–Crippen LogP) is 2.81. The Hall–Kier alpha value is -2.44. The van der Waals surface area contributed by atoms with Crippen LogP contribution in [0.5, 0.6) is 0 Å². The Morgan fingerprint density at radius 1 is 1.10 bits per heavy atom. The lowest BCUT2D eigenvalue weighted by Gasteiger charge is -2.33. The molecule has 1 N–H and O–H groups in total. The Morgan fingerprint density at radius 3 is 2.71 bits per heavy atom. The molecule has 1 fully saturated rings. The van der Waals surface area contributed by atoms with Crippen molar-refractivity contribution in [2.24, 2.45) is 8.73 Å². The van der Waals surface area contributed by atoms with E-state index in [-0.39, 0.29) is 10.5 Å². The summed E-state index contributed by atoms with van der Waals surface area (Å²) in [6.07, 6.45) is 0. The third kappa shape index (κ3) is 3.83. The second-order valence-corrected chi connectivity index (χ2v) is 10.1. The van der Waals surface area contributed by atoms with Gasteiger partial charge >= 0.3 is 0 Å². The number of aromatic amines is 1. The molecular weight excluding hydrogens is 460 g/mol. The van der Waals surface area contributed by atoms with Crippen LogP contribution < -0.4 is 5.56 Å². The summed E-state index contributed by atoms with van der Waals surface area (Å²) in [5.41, 5.74) is 1.31. The van der Waals surface area contributed by atoms with E-state index in [4.69, 9.17) is 11.6 Å². The van der Waals surface area contributed by atoms with Crippen molar-refractivity contribution in [3.05, 3.63) is 57.6 Å². The molecule has 0 atom stereocenters. The molecule has 5 rings (SSSR count). The largest absolute Gasteiger partial charge is 0.309 e. The molecule has 9 nitrogen and oxygen atoms in total. The van der Waals surface area contributed by atoms with Crippen LogP contribution in [-0.4, -0.2) is 53.8 Å². The maximum Gasteiger partial charge on any atom is 0.258 e. The van der Waals surface area contributed by atoms with Gasteiger partial charge in [-0.2, -0.15) is 13.0 Å². The van der Waals surface area contributed by atoms with Crippen LogP contribution in [0.3, 0.4) is 0 Å². The first-order chi connectivity index (χ1) is 14.9. The monoisotopic (exact) mass is 476 g/mol. The number of nitrogens with zero attached hydrogens (tertiary/aromatic N) is 5. The molecular formula is C19H17ClN6O3S2. The van der Waals surface area contributed by atoms with Crippen LogP contribution >= 0.6 is 11.6 Å². The molecule has 2 aliphatic heterocycles. The average molecular weight is 477 g/mol. The molecule has 0 bridgehead atoms. The zero-order chi connectivity index (χ0) is 21.6. The van der Waals surface area contributed by atoms with Gasteiger partial charge in [0.05, 0.1) is 28.8 Å². The molecule has 1 saturated heterocycles. The van der Waals surface area contributed by atoms with Crippen molar-refractivity contribution in [3.8, 4) is 0 Å². The van der Waals surface area contributed by atoms with Crippen molar-refractivity contribution in [3.63, 3.8) is 0 Å². The molecule has 31 heavy (non-hydrogen) atoms. The molecule has 0 saturated carbocycles. The van der Waals surface area contributed by atoms with E-state index in [2.05, 4.69) is 23.6 Å². The van der Waals surface area contributed by atoms with E-state index < -0.39 is 10.0 Å². The summed E-state index contributed by atoms with van der Waals surface area (Å²) >= 11 is 7.02. The Kier molecular flexibility index (Phi) is 5.22. The fourth-order valence-electron chi connectivity index (χ4n) is 3.70. The van der Waals surface area contributed by atoms with E-state index in [0.29, 0.717) is 65.8 Å². The summed E-state index contributed by atoms with van der Waals surface area (Å²) in [6.45, 7) is 2.11. The molecule has 0 aliphatic carbocycles. The Balaban J connectivity index is 1.31. The maximum atomic E-state index is 13.2. The van der Waals surface area contributed by atoms with E-state index in [1.54, 1.807) is 36.4 Å². The third-order valence-electron chi connectivity index (χ3n) is 5.29. The zero-order valence-corrected chi connectivity index (χ0v) is 18.5. The highest BCUT2D eigenvalue weighted by atomic mass is 35.5. The van der Waals surface area contributed by atoms with E-state index >= 15 is 0 Å². The van der Waals surface area contributed by atoms with Crippen LogP contribution in [0.1, 0.15) is 5.82 Å². The number of rotatable bonds is 4. The van der Waals surface area contributed by atoms with Gasteiger partial charge in [0.1, 0.15) is 22.1 Å². The van der Waals surface area contributed by atoms with E-state index in [1.807, 2.05) is 0 Å².